The Bertz CT molecular complexity index is 468. The summed E-state index contributed by atoms with van der Waals surface area (Å²) in [5.41, 5.74) is 0.569. The van der Waals surface area contributed by atoms with E-state index in [-0.39, 0.29) is 5.69 Å². The minimum Gasteiger partial charge on any atom is -0.267 e. The quantitative estimate of drug-likeness (QED) is 0.685. The lowest BCUT2D eigenvalue weighted by Crippen LogP contribution is -2.08. The Morgan fingerprint density at radius 3 is 2.57 bits per heavy atom. The Kier molecular flexibility index (Phi) is 1.80. The number of aryl methyl sites for hydroxylation is 1. The van der Waals surface area contributed by atoms with Crippen molar-refractivity contribution in [3.05, 3.63) is 30.0 Å². The second-order valence-corrected chi connectivity index (χ2v) is 3.38. The van der Waals surface area contributed by atoms with Crippen LogP contribution in [0.2, 0.25) is 0 Å². The summed E-state index contributed by atoms with van der Waals surface area (Å²) in [5.74, 6) is -2.89. The van der Waals surface area contributed by atoms with Crippen molar-refractivity contribution in [2.45, 2.75) is 12.8 Å². The van der Waals surface area contributed by atoms with E-state index in [0.29, 0.717) is 5.39 Å². The Morgan fingerprint density at radius 1 is 1.29 bits per heavy atom. The van der Waals surface area contributed by atoms with Crippen molar-refractivity contribution >= 4 is 10.9 Å². The van der Waals surface area contributed by atoms with Crippen molar-refractivity contribution in [3.8, 4) is 0 Å². The molecule has 2 rings (SSSR count). The van der Waals surface area contributed by atoms with Crippen LogP contribution in [0, 0.1) is 0 Å². The maximum atomic E-state index is 13.1. The van der Waals surface area contributed by atoms with Gasteiger partial charge in [0, 0.05) is 19.4 Å². The first-order valence-corrected chi connectivity index (χ1v) is 4.30. The zero-order valence-corrected chi connectivity index (χ0v) is 7.96. The van der Waals surface area contributed by atoms with Crippen LogP contribution < -0.4 is 0 Å². The SMILES string of the molecule is Cn1nc(C(C)(F)F)c2ccccc21. The molecule has 0 spiro atoms. The van der Waals surface area contributed by atoms with Crippen molar-refractivity contribution in [2.75, 3.05) is 0 Å². The van der Waals surface area contributed by atoms with Crippen LogP contribution in [0.1, 0.15) is 12.6 Å². The zero-order valence-electron chi connectivity index (χ0n) is 7.96. The van der Waals surface area contributed by atoms with Gasteiger partial charge in [0.25, 0.3) is 5.92 Å². The molecule has 0 amide bonds. The van der Waals surface area contributed by atoms with Crippen LogP contribution in [0.25, 0.3) is 10.9 Å². The molecule has 2 nitrogen and oxygen atoms in total. The fourth-order valence-electron chi connectivity index (χ4n) is 1.54. The second-order valence-electron chi connectivity index (χ2n) is 3.38. The first-order valence-electron chi connectivity index (χ1n) is 4.30. The van der Waals surface area contributed by atoms with E-state index in [0.717, 1.165) is 12.4 Å². The number of hydrogen-bond donors (Lipinski definition) is 0. The fourth-order valence-corrected chi connectivity index (χ4v) is 1.54. The predicted octanol–water partition coefficient (Wildman–Crippen LogP) is 2.69. The van der Waals surface area contributed by atoms with Crippen LogP contribution in [-0.4, -0.2) is 9.78 Å². The van der Waals surface area contributed by atoms with Crippen LogP contribution >= 0.6 is 0 Å². The molecule has 0 aliphatic heterocycles. The van der Waals surface area contributed by atoms with Crippen molar-refractivity contribution in [1.29, 1.82) is 0 Å². The minimum atomic E-state index is -2.89. The van der Waals surface area contributed by atoms with E-state index in [1.165, 1.54) is 4.68 Å². The fraction of sp³-hybridized carbons (Fsp3) is 0.300. The standard InChI is InChI=1S/C10H10F2N2/c1-10(11,12)9-7-5-3-4-6-8(7)14(2)13-9/h3-6H,1-2H3. The molecular formula is C10H10F2N2. The molecule has 2 aromatic rings. The van der Waals surface area contributed by atoms with Gasteiger partial charge in [-0.2, -0.15) is 13.9 Å². The summed E-state index contributed by atoms with van der Waals surface area (Å²) in [5, 5.41) is 4.34. The van der Waals surface area contributed by atoms with E-state index in [9.17, 15) is 8.78 Å². The molecule has 1 aromatic carbocycles. The third-order valence-electron chi connectivity index (χ3n) is 2.17. The molecule has 0 saturated heterocycles. The largest absolute Gasteiger partial charge is 0.289 e. The summed E-state index contributed by atoms with van der Waals surface area (Å²) in [7, 11) is 1.66. The van der Waals surface area contributed by atoms with Crippen LogP contribution in [0.5, 0.6) is 0 Å². The van der Waals surface area contributed by atoms with Gasteiger partial charge in [-0.25, -0.2) is 0 Å². The average Bonchev–Trinajstić information content (AvgIpc) is 2.44. The molecule has 0 unspecified atom stereocenters. The molecule has 14 heavy (non-hydrogen) atoms. The van der Waals surface area contributed by atoms with Crippen LogP contribution in [0.15, 0.2) is 24.3 Å². The molecule has 1 heterocycles. The molecular weight excluding hydrogens is 186 g/mol. The molecule has 0 aliphatic carbocycles. The van der Waals surface area contributed by atoms with Crippen LogP contribution in [0.3, 0.4) is 0 Å². The van der Waals surface area contributed by atoms with Gasteiger partial charge < -0.3 is 0 Å². The van der Waals surface area contributed by atoms with Gasteiger partial charge in [-0.1, -0.05) is 18.2 Å². The summed E-state index contributed by atoms with van der Waals surface area (Å²) in [6, 6.07) is 6.98. The van der Waals surface area contributed by atoms with Gasteiger partial charge in [-0.05, 0) is 6.07 Å². The van der Waals surface area contributed by atoms with Crippen LogP contribution in [0.4, 0.5) is 8.78 Å². The van der Waals surface area contributed by atoms with E-state index in [2.05, 4.69) is 5.10 Å². The van der Waals surface area contributed by atoms with Crippen molar-refractivity contribution in [3.63, 3.8) is 0 Å². The number of aromatic nitrogens is 2. The Morgan fingerprint density at radius 2 is 1.93 bits per heavy atom. The Balaban J connectivity index is 2.80. The highest BCUT2D eigenvalue weighted by Gasteiger charge is 2.30. The highest BCUT2D eigenvalue weighted by molar-refractivity contribution is 5.82. The number of alkyl halides is 2. The summed E-state index contributed by atoms with van der Waals surface area (Å²) in [4.78, 5) is 0. The van der Waals surface area contributed by atoms with E-state index < -0.39 is 5.92 Å². The lowest BCUT2D eigenvalue weighted by atomic mass is 10.1. The zero-order chi connectivity index (χ0) is 10.3. The van der Waals surface area contributed by atoms with Gasteiger partial charge in [0.2, 0.25) is 0 Å². The monoisotopic (exact) mass is 196 g/mol. The molecule has 0 N–H and O–H groups in total. The number of hydrogen-bond acceptors (Lipinski definition) is 1. The number of halogens is 2. The van der Waals surface area contributed by atoms with E-state index in [4.69, 9.17) is 0 Å². The molecule has 0 bridgehead atoms. The lowest BCUT2D eigenvalue weighted by Gasteiger charge is -2.05. The summed E-state index contributed by atoms with van der Waals surface area (Å²) in [6.07, 6.45) is 0. The number of nitrogens with zero attached hydrogens (tertiary/aromatic N) is 2. The van der Waals surface area contributed by atoms with Gasteiger partial charge in [0.05, 0.1) is 5.52 Å². The molecule has 74 valence electrons. The maximum Gasteiger partial charge on any atom is 0.289 e. The first-order chi connectivity index (χ1) is 6.50. The van der Waals surface area contributed by atoms with Gasteiger partial charge in [0.15, 0.2) is 0 Å². The molecule has 1 aromatic heterocycles. The topological polar surface area (TPSA) is 17.8 Å². The molecule has 0 fully saturated rings. The molecule has 0 aliphatic rings. The third kappa shape index (κ3) is 1.27. The number of fused-ring (bicyclic) bond motifs is 1. The first kappa shape index (κ1) is 9.12. The molecule has 0 atom stereocenters. The van der Waals surface area contributed by atoms with E-state index in [1.807, 2.05) is 6.07 Å². The Hall–Kier alpha value is -1.45. The Labute approximate surface area is 80.1 Å². The van der Waals surface area contributed by atoms with Gasteiger partial charge in [-0.3, -0.25) is 4.68 Å². The maximum absolute atomic E-state index is 13.1. The van der Waals surface area contributed by atoms with Gasteiger partial charge in [0.1, 0.15) is 5.69 Å². The number of rotatable bonds is 1. The third-order valence-corrected chi connectivity index (χ3v) is 2.17. The minimum absolute atomic E-state index is 0.157. The second kappa shape index (κ2) is 2.77. The highest BCUT2D eigenvalue weighted by atomic mass is 19.3. The van der Waals surface area contributed by atoms with Gasteiger partial charge >= 0.3 is 0 Å². The van der Waals surface area contributed by atoms with Crippen molar-refractivity contribution in [1.82, 2.24) is 9.78 Å². The molecule has 0 saturated carbocycles. The summed E-state index contributed by atoms with van der Waals surface area (Å²) in [6.45, 7) is 0.863. The normalized spacial score (nSPS) is 12.3. The van der Waals surface area contributed by atoms with E-state index in [1.54, 1.807) is 25.2 Å². The van der Waals surface area contributed by atoms with Crippen molar-refractivity contribution in [2.24, 2.45) is 7.05 Å². The lowest BCUT2D eigenvalue weighted by molar-refractivity contribution is 0.0137. The molecule has 0 radical (unpaired) electrons. The number of para-hydroxylation sites is 1. The highest BCUT2D eigenvalue weighted by Crippen LogP contribution is 2.31. The van der Waals surface area contributed by atoms with Gasteiger partial charge in [-0.15, -0.1) is 0 Å². The average molecular weight is 196 g/mol. The predicted molar refractivity (Wildman–Crippen MR) is 50.3 cm³/mol. The van der Waals surface area contributed by atoms with E-state index >= 15 is 0 Å². The van der Waals surface area contributed by atoms with Crippen molar-refractivity contribution < 1.29 is 8.78 Å². The number of benzene rings is 1. The summed E-state index contributed by atoms with van der Waals surface area (Å²) >= 11 is 0. The molecule has 4 heteroatoms. The summed E-state index contributed by atoms with van der Waals surface area (Å²) < 4.78 is 27.7. The van der Waals surface area contributed by atoms with Crippen LogP contribution in [-0.2, 0) is 13.0 Å². The smallest absolute Gasteiger partial charge is 0.267 e.